The van der Waals surface area contributed by atoms with E-state index in [4.69, 9.17) is 4.42 Å². The summed E-state index contributed by atoms with van der Waals surface area (Å²) < 4.78 is 29.8. The molecule has 3 aromatic rings. The lowest BCUT2D eigenvalue weighted by atomic mass is 10.2. The Morgan fingerprint density at radius 2 is 1.87 bits per heavy atom. The van der Waals surface area contributed by atoms with Gasteiger partial charge in [-0.15, -0.1) is 10.2 Å². The maximum Gasteiger partial charge on any atom is 0.314 e. The molecule has 0 bridgehead atoms. The molecule has 5 nitrogen and oxygen atoms in total. The average molecular weight is 316 g/mol. The molecule has 0 atom stereocenters. The highest BCUT2D eigenvalue weighted by Gasteiger charge is 2.17. The van der Waals surface area contributed by atoms with E-state index in [1.807, 2.05) is 37.4 Å². The summed E-state index contributed by atoms with van der Waals surface area (Å²) in [6, 6.07) is 13.5. The standard InChI is InChI=1S/C16H14F2N4O/c1-22(13-5-3-2-4-6-13)10-12-8-7-11(9-19-12)15-20-21-16(23-15)14(17)18/h2-9,14H,10H2,1H3. The minimum absolute atomic E-state index is 0.0377. The van der Waals surface area contributed by atoms with E-state index in [1.165, 1.54) is 6.20 Å². The summed E-state index contributed by atoms with van der Waals surface area (Å²) in [6.07, 6.45) is -1.24. The van der Waals surface area contributed by atoms with Crippen LogP contribution in [0.4, 0.5) is 14.5 Å². The van der Waals surface area contributed by atoms with Crippen molar-refractivity contribution in [3.05, 3.63) is 60.2 Å². The maximum atomic E-state index is 12.4. The lowest BCUT2D eigenvalue weighted by molar-refractivity contribution is 0.116. The Kier molecular flexibility index (Phi) is 4.27. The molecule has 7 heteroatoms. The van der Waals surface area contributed by atoms with Crippen LogP contribution in [0.3, 0.4) is 0 Å². The number of aromatic nitrogens is 3. The number of hydrogen-bond donors (Lipinski definition) is 0. The van der Waals surface area contributed by atoms with Gasteiger partial charge < -0.3 is 9.32 Å². The van der Waals surface area contributed by atoms with Gasteiger partial charge >= 0.3 is 6.43 Å². The fraction of sp³-hybridized carbons (Fsp3) is 0.188. The normalized spacial score (nSPS) is 11.0. The second kappa shape index (κ2) is 6.51. The van der Waals surface area contributed by atoms with Crippen molar-refractivity contribution in [1.29, 1.82) is 0 Å². The van der Waals surface area contributed by atoms with Crippen molar-refractivity contribution in [3.8, 4) is 11.5 Å². The molecule has 118 valence electrons. The van der Waals surface area contributed by atoms with Crippen molar-refractivity contribution < 1.29 is 13.2 Å². The summed E-state index contributed by atoms with van der Waals surface area (Å²) >= 11 is 0. The number of anilines is 1. The first-order valence-electron chi connectivity index (χ1n) is 6.96. The Bertz CT molecular complexity index is 759. The number of hydrogen-bond acceptors (Lipinski definition) is 5. The highest BCUT2D eigenvalue weighted by molar-refractivity contribution is 5.51. The number of alkyl halides is 2. The summed E-state index contributed by atoms with van der Waals surface area (Å²) in [7, 11) is 1.97. The molecule has 23 heavy (non-hydrogen) atoms. The number of rotatable bonds is 5. The fourth-order valence-electron chi connectivity index (χ4n) is 2.10. The fourth-order valence-corrected chi connectivity index (χ4v) is 2.10. The summed E-state index contributed by atoms with van der Waals surface area (Å²) in [4.78, 5) is 6.38. The Morgan fingerprint density at radius 1 is 1.09 bits per heavy atom. The Morgan fingerprint density at radius 3 is 2.48 bits per heavy atom. The third-order valence-corrected chi connectivity index (χ3v) is 3.30. The average Bonchev–Trinajstić information content (AvgIpc) is 3.07. The molecule has 2 aromatic heterocycles. The monoisotopic (exact) mass is 316 g/mol. The smallest absolute Gasteiger partial charge is 0.314 e. The highest BCUT2D eigenvalue weighted by atomic mass is 19.3. The third kappa shape index (κ3) is 3.50. The third-order valence-electron chi connectivity index (χ3n) is 3.30. The van der Waals surface area contributed by atoms with E-state index in [1.54, 1.807) is 12.1 Å². The van der Waals surface area contributed by atoms with Crippen LogP contribution in [0.2, 0.25) is 0 Å². The van der Waals surface area contributed by atoms with Crippen molar-refractivity contribution in [2.45, 2.75) is 13.0 Å². The molecule has 0 amide bonds. The van der Waals surface area contributed by atoms with Crippen LogP contribution < -0.4 is 4.90 Å². The first-order chi connectivity index (χ1) is 11.1. The van der Waals surface area contributed by atoms with Gasteiger partial charge in [0.15, 0.2) is 0 Å². The van der Waals surface area contributed by atoms with Crippen LogP contribution >= 0.6 is 0 Å². The molecule has 0 N–H and O–H groups in total. The number of benzene rings is 1. The van der Waals surface area contributed by atoms with Crippen LogP contribution in [-0.4, -0.2) is 22.2 Å². The zero-order valence-corrected chi connectivity index (χ0v) is 12.4. The molecule has 0 unspecified atom stereocenters. The molecule has 0 radical (unpaired) electrons. The van der Waals surface area contributed by atoms with E-state index in [2.05, 4.69) is 20.1 Å². The van der Waals surface area contributed by atoms with Crippen molar-refractivity contribution in [3.63, 3.8) is 0 Å². The Hall–Kier alpha value is -2.83. The predicted molar refractivity (Wildman–Crippen MR) is 81.0 cm³/mol. The number of para-hydroxylation sites is 1. The minimum Gasteiger partial charge on any atom is -0.415 e. The van der Waals surface area contributed by atoms with E-state index in [0.29, 0.717) is 12.1 Å². The predicted octanol–water partition coefficient (Wildman–Crippen LogP) is 3.71. The molecule has 2 heterocycles. The van der Waals surface area contributed by atoms with Gasteiger partial charge in [-0.2, -0.15) is 8.78 Å². The van der Waals surface area contributed by atoms with Gasteiger partial charge in [0, 0.05) is 18.9 Å². The topological polar surface area (TPSA) is 55.1 Å². The number of pyridine rings is 1. The summed E-state index contributed by atoms with van der Waals surface area (Å²) in [5.41, 5.74) is 2.43. The highest BCUT2D eigenvalue weighted by Crippen LogP contribution is 2.23. The lowest BCUT2D eigenvalue weighted by Gasteiger charge is -2.18. The quantitative estimate of drug-likeness (QED) is 0.718. The molecule has 0 aliphatic heterocycles. The van der Waals surface area contributed by atoms with Gasteiger partial charge in [-0.25, -0.2) is 0 Å². The maximum absolute atomic E-state index is 12.4. The second-order valence-corrected chi connectivity index (χ2v) is 4.98. The zero-order chi connectivity index (χ0) is 16.2. The summed E-state index contributed by atoms with van der Waals surface area (Å²) in [6.45, 7) is 0.621. The minimum atomic E-state index is -2.77. The Balaban J connectivity index is 1.71. The van der Waals surface area contributed by atoms with Gasteiger partial charge in [0.05, 0.1) is 17.8 Å². The molecule has 0 saturated heterocycles. The van der Waals surface area contributed by atoms with Crippen LogP contribution in [0, 0.1) is 0 Å². The van der Waals surface area contributed by atoms with Crippen molar-refractivity contribution >= 4 is 5.69 Å². The van der Waals surface area contributed by atoms with E-state index >= 15 is 0 Å². The first-order valence-corrected chi connectivity index (χ1v) is 6.96. The summed E-state index contributed by atoms with van der Waals surface area (Å²) in [5, 5.41) is 6.90. The van der Waals surface area contributed by atoms with E-state index < -0.39 is 12.3 Å². The van der Waals surface area contributed by atoms with E-state index in [9.17, 15) is 8.78 Å². The van der Waals surface area contributed by atoms with Gasteiger partial charge in [-0.05, 0) is 24.3 Å². The van der Waals surface area contributed by atoms with Crippen LogP contribution in [-0.2, 0) is 6.54 Å². The van der Waals surface area contributed by atoms with Gasteiger partial charge in [-0.3, -0.25) is 4.98 Å². The largest absolute Gasteiger partial charge is 0.415 e. The molecular weight excluding hydrogens is 302 g/mol. The van der Waals surface area contributed by atoms with Gasteiger partial charge in [0.1, 0.15) is 0 Å². The van der Waals surface area contributed by atoms with Gasteiger partial charge in [-0.1, -0.05) is 18.2 Å². The van der Waals surface area contributed by atoms with Crippen molar-refractivity contribution in [2.24, 2.45) is 0 Å². The molecule has 0 aliphatic carbocycles. The number of nitrogens with zero attached hydrogens (tertiary/aromatic N) is 4. The van der Waals surface area contributed by atoms with Crippen LogP contribution in [0.15, 0.2) is 53.1 Å². The Labute approximate surface area is 131 Å². The SMILES string of the molecule is CN(Cc1ccc(-c2nnc(C(F)F)o2)cn1)c1ccccc1. The van der Waals surface area contributed by atoms with E-state index in [-0.39, 0.29) is 5.89 Å². The van der Waals surface area contributed by atoms with E-state index in [0.717, 1.165) is 11.4 Å². The zero-order valence-electron chi connectivity index (χ0n) is 12.4. The second-order valence-electron chi connectivity index (χ2n) is 4.98. The number of halogens is 2. The molecule has 0 fully saturated rings. The van der Waals surface area contributed by atoms with Crippen LogP contribution in [0.25, 0.3) is 11.5 Å². The van der Waals surface area contributed by atoms with Gasteiger partial charge in [0.25, 0.3) is 5.89 Å². The molecule has 0 saturated carbocycles. The summed E-state index contributed by atoms with van der Waals surface area (Å²) in [5.74, 6) is -0.649. The molecule has 1 aromatic carbocycles. The molecular formula is C16H14F2N4O. The molecule has 0 spiro atoms. The van der Waals surface area contributed by atoms with Gasteiger partial charge in [0.2, 0.25) is 5.89 Å². The molecule has 3 rings (SSSR count). The van der Waals surface area contributed by atoms with Crippen LogP contribution in [0.5, 0.6) is 0 Å². The first kappa shape index (κ1) is 15.1. The lowest BCUT2D eigenvalue weighted by Crippen LogP contribution is -2.16. The molecule has 0 aliphatic rings. The van der Waals surface area contributed by atoms with Crippen LogP contribution in [0.1, 0.15) is 18.0 Å². The van der Waals surface area contributed by atoms with Crippen molar-refractivity contribution in [2.75, 3.05) is 11.9 Å². The van der Waals surface area contributed by atoms with Crippen molar-refractivity contribution in [1.82, 2.24) is 15.2 Å².